The molecule has 6 heteroatoms. The maximum absolute atomic E-state index is 12.0. The van der Waals surface area contributed by atoms with E-state index in [1.807, 2.05) is 19.1 Å². The molecule has 22 heavy (non-hydrogen) atoms. The molecule has 5 nitrogen and oxygen atoms in total. The van der Waals surface area contributed by atoms with Gasteiger partial charge in [-0.1, -0.05) is 29.8 Å². The number of thiocarbonyl (C=S) groups is 1. The second kappa shape index (κ2) is 6.82. The zero-order chi connectivity index (χ0) is 16.1. The van der Waals surface area contributed by atoms with E-state index in [1.165, 1.54) is 24.3 Å². The lowest BCUT2D eigenvalue weighted by molar-refractivity contribution is -0.255. The number of benzene rings is 2. The molecule has 0 spiro atoms. The van der Waals surface area contributed by atoms with Crippen LogP contribution in [0.3, 0.4) is 0 Å². The van der Waals surface area contributed by atoms with Crippen molar-refractivity contribution in [1.82, 2.24) is 5.32 Å². The van der Waals surface area contributed by atoms with Gasteiger partial charge in [0.1, 0.15) is 0 Å². The number of nitrogens with one attached hydrogen (secondary N) is 2. The number of anilines is 1. The van der Waals surface area contributed by atoms with Crippen molar-refractivity contribution in [2.75, 3.05) is 5.32 Å². The van der Waals surface area contributed by atoms with Crippen LogP contribution in [0.4, 0.5) is 5.69 Å². The maximum Gasteiger partial charge on any atom is 0.257 e. The number of aromatic carboxylic acids is 1. The minimum absolute atomic E-state index is 0.0696. The van der Waals surface area contributed by atoms with E-state index in [2.05, 4.69) is 10.6 Å². The lowest BCUT2D eigenvalue weighted by atomic mass is 10.1. The van der Waals surface area contributed by atoms with Gasteiger partial charge in [-0.05, 0) is 49.0 Å². The molecule has 0 unspecified atom stereocenters. The molecule has 2 aromatic rings. The number of carbonyl (C=O) groups is 2. The molecule has 0 heterocycles. The highest BCUT2D eigenvalue weighted by Gasteiger charge is 2.07. The second-order valence-electron chi connectivity index (χ2n) is 4.64. The summed E-state index contributed by atoms with van der Waals surface area (Å²) >= 11 is 5.05. The van der Waals surface area contributed by atoms with Gasteiger partial charge in [-0.15, -0.1) is 0 Å². The number of aryl methyl sites for hydroxylation is 1. The molecule has 1 amide bonds. The number of hydrogen-bond acceptors (Lipinski definition) is 4. The molecule has 0 aliphatic rings. The predicted octanol–water partition coefficient (Wildman–Crippen LogP) is 1.49. The van der Waals surface area contributed by atoms with Gasteiger partial charge in [-0.3, -0.25) is 10.1 Å². The highest BCUT2D eigenvalue weighted by molar-refractivity contribution is 7.80. The minimum atomic E-state index is -1.25. The van der Waals surface area contributed by atoms with Crippen LogP contribution in [0.1, 0.15) is 26.3 Å². The summed E-state index contributed by atoms with van der Waals surface area (Å²) in [5.41, 5.74) is 2.20. The average Bonchev–Trinajstić information content (AvgIpc) is 2.48. The van der Waals surface area contributed by atoms with E-state index in [0.717, 1.165) is 5.56 Å². The highest BCUT2D eigenvalue weighted by Crippen LogP contribution is 2.09. The van der Waals surface area contributed by atoms with Gasteiger partial charge in [0, 0.05) is 11.3 Å². The van der Waals surface area contributed by atoms with E-state index in [0.29, 0.717) is 11.3 Å². The molecule has 2 aromatic carbocycles. The van der Waals surface area contributed by atoms with Gasteiger partial charge in [0.15, 0.2) is 5.11 Å². The molecule has 0 aliphatic heterocycles. The first kappa shape index (κ1) is 15.7. The summed E-state index contributed by atoms with van der Waals surface area (Å²) in [6.45, 7) is 1.93. The molecule has 0 atom stereocenters. The topological polar surface area (TPSA) is 81.3 Å². The fourth-order valence-electron chi connectivity index (χ4n) is 1.73. The van der Waals surface area contributed by atoms with Crippen molar-refractivity contribution in [2.24, 2.45) is 0 Å². The Morgan fingerprint density at radius 1 is 0.955 bits per heavy atom. The molecule has 0 bridgehead atoms. The van der Waals surface area contributed by atoms with E-state index < -0.39 is 5.97 Å². The molecular formula is C16H13N2O3S-. The number of carboxylic acid groups (broad SMARTS) is 1. The van der Waals surface area contributed by atoms with Crippen LogP contribution in [0, 0.1) is 6.92 Å². The maximum atomic E-state index is 12.0. The van der Waals surface area contributed by atoms with E-state index in [-0.39, 0.29) is 16.6 Å². The van der Waals surface area contributed by atoms with Gasteiger partial charge in [0.25, 0.3) is 5.91 Å². The number of carbonyl (C=O) groups excluding carboxylic acids is 2. The first-order valence-corrected chi connectivity index (χ1v) is 6.87. The van der Waals surface area contributed by atoms with Crippen LogP contribution < -0.4 is 15.7 Å². The molecule has 0 radical (unpaired) electrons. The highest BCUT2D eigenvalue weighted by atomic mass is 32.1. The van der Waals surface area contributed by atoms with E-state index in [4.69, 9.17) is 12.2 Å². The third-order valence-corrected chi connectivity index (χ3v) is 3.12. The minimum Gasteiger partial charge on any atom is -0.545 e. The summed E-state index contributed by atoms with van der Waals surface area (Å²) in [7, 11) is 0. The van der Waals surface area contributed by atoms with Crippen LogP contribution >= 0.6 is 12.2 Å². The first-order chi connectivity index (χ1) is 10.5. The van der Waals surface area contributed by atoms with Crippen molar-refractivity contribution < 1.29 is 14.7 Å². The van der Waals surface area contributed by atoms with Crippen LogP contribution in [-0.2, 0) is 0 Å². The molecule has 2 N–H and O–H groups in total. The lowest BCUT2D eigenvalue weighted by Crippen LogP contribution is -2.34. The van der Waals surface area contributed by atoms with Crippen molar-refractivity contribution in [1.29, 1.82) is 0 Å². The summed E-state index contributed by atoms with van der Waals surface area (Å²) < 4.78 is 0. The summed E-state index contributed by atoms with van der Waals surface area (Å²) in [6.07, 6.45) is 0. The van der Waals surface area contributed by atoms with Crippen molar-refractivity contribution in [3.8, 4) is 0 Å². The first-order valence-electron chi connectivity index (χ1n) is 6.46. The fourth-order valence-corrected chi connectivity index (χ4v) is 1.94. The quantitative estimate of drug-likeness (QED) is 0.839. The van der Waals surface area contributed by atoms with Gasteiger partial charge in [0.2, 0.25) is 0 Å². The Balaban J connectivity index is 1.96. The molecule has 2 rings (SSSR count). The van der Waals surface area contributed by atoms with Crippen molar-refractivity contribution in [3.63, 3.8) is 0 Å². The monoisotopic (exact) mass is 313 g/mol. The zero-order valence-electron chi connectivity index (χ0n) is 11.8. The fraction of sp³-hybridized carbons (Fsp3) is 0.0625. The lowest BCUT2D eigenvalue weighted by Gasteiger charge is -2.10. The van der Waals surface area contributed by atoms with Crippen molar-refractivity contribution >= 4 is 34.9 Å². The van der Waals surface area contributed by atoms with Gasteiger partial charge in [-0.25, -0.2) is 0 Å². The Hall–Kier alpha value is -2.73. The van der Waals surface area contributed by atoms with Gasteiger partial charge >= 0.3 is 0 Å². The Kier molecular flexibility index (Phi) is 4.85. The predicted molar refractivity (Wildman–Crippen MR) is 85.6 cm³/mol. The molecule has 0 saturated carbocycles. The number of rotatable bonds is 3. The third-order valence-electron chi connectivity index (χ3n) is 2.92. The molecular weight excluding hydrogens is 300 g/mol. The van der Waals surface area contributed by atoms with E-state index in [1.54, 1.807) is 12.1 Å². The number of hydrogen-bond donors (Lipinski definition) is 2. The third kappa shape index (κ3) is 4.13. The molecule has 0 saturated heterocycles. The summed E-state index contributed by atoms with van der Waals surface area (Å²) in [5.74, 6) is -1.56. The van der Waals surface area contributed by atoms with Crippen LogP contribution in [0.2, 0.25) is 0 Å². The summed E-state index contributed by atoms with van der Waals surface area (Å²) in [6, 6.07) is 13.0. The van der Waals surface area contributed by atoms with E-state index in [9.17, 15) is 14.7 Å². The van der Waals surface area contributed by atoms with Crippen LogP contribution in [0.15, 0.2) is 48.5 Å². The van der Waals surface area contributed by atoms with Crippen molar-refractivity contribution in [2.45, 2.75) is 6.92 Å². The van der Waals surface area contributed by atoms with Gasteiger partial charge in [0.05, 0.1) is 5.97 Å². The van der Waals surface area contributed by atoms with Gasteiger partial charge in [-0.2, -0.15) is 0 Å². The Bertz CT molecular complexity index is 709. The SMILES string of the molecule is Cc1ccc(C(=O)NC(=S)Nc2ccc(C(=O)[O-])cc2)cc1. The Morgan fingerprint density at radius 3 is 2.05 bits per heavy atom. The Morgan fingerprint density at radius 2 is 1.50 bits per heavy atom. The smallest absolute Gasteiger partial charge is 0.257 e. The largest absolute Gasteiger partial charge is 0.545 e. The number of carboxylic acids is 1. The molecule has 0 fully saturated rings. The van der Waals surface area contributed by atoms with E-state index >= 15 is 0 Å². The van der Waals surface area contributed by atoms with Crippen LogP contribution in [-0.4, -0.2) is 17.0 Å². The molecule has 0 aliphatic carbocycles. The second-order valence-corrected chi connectivity index (χ2v) is 5.05. The molecule has 0 aromatic heterocycles. The van der Waals surface area contributed by atoms with Gasteiger partial charge < -0.3 is 15.2 Å². The number of amides is 1. The standard InChI is InChI=1S/C16H14N2O3S/c1-10-2-4-11(5-3-10)14(19)18-16(22)17-13-8-6-12(7-9-13)15(20)21/h2-9H,1H3,(H,20,21)(H2,17,18,19,22)/p-1. The summed E-state index contributed by atoms with van der Waals surface area (Å²) in [4.78, 5) is 22.6. The Labute approximate surface area is 133 Å². The van der Waals surface area contributed by atoms with Crippen LogP contribution in [0.25, 0.3) is 0 Å². The average molecular weight is 313 g/mol. The van der Waals surface area contributed by atoms with Crippen molar-refractivity contribution in [3.05, 3.63) is 65.2 Å². The summed E-state index contributed by atoms with van der Waals surface area (Å²) in [5, 5.41) is 16.1. The zero-order valence-corrected chi connectivity index (χ0v) is 12.6. The van der Waals surface area contributed by atoms with Crippen LogP contribution in [0.5, 0.6) is 0 Å². The normalized spacial score (nSPS) is 9.86. The molecule has 112 valence electrons.